The molecular formula is C16H15Cl2NO2S. The summed E-state index contributed by atoms with van der Waals surface area (Å²) in [6.07, 6.45) is 2.02. The average Bonchev–Trinajstić information content (AvgIpc) is 3.18. The number of halogens is 2. The van der Waals surface area contributed by atoms with E-state index < -0.39 is 0 Å². The summed E-state index contributed by atoms with van der Waals surface area (Å²) < 4.78 is 5.55. The summed E-state index contributed by atoms with van der Waals surface area (Å²) in [5.41, 5.74) is 0. The van der Waals surface area contributed by atoms with Gasteiger partial charge in [-0.1, -0.05) is 35.3 Å². The highest BCUT2D eigenvalue weighted by molar-refractivity contribution is 7.10. The van der Waals surface area contributed by atoms with E-state index in [1.807, 2.05) is 16.3 Å². The predicted molar refractivity (Wildman–Crippen MR) is 90.0 cm³/mol. The molecule has 1 aliphatic heterocycles. The molecule has 1 aliphatic rings. The zero-order chi connectivity index (χ0) is 15.5. The molecule has 3 rings (SSSR count). The van der Waals surface area contributed by atoms with Gasteiger partial charge in [0.05, 0.1) is 11.1 Å². The van der Waals surface area contributed by atoms with Crippen LogP contribution in [-0.4, -0.2) is 24.0 Å². The van der Waals surface area contributed by atoms with Gasteiger partial charge in [0.15, 0.2) is 6.61 Å². The smallest absolute Gasteiger partial charge is 0.261 e. The van der Waals surface area contributed by atoms with E-state index in [4.69, 9.17) is 27.9 Å². The Bertz CT molecular complexity index is 660. The standard InChI is InChI=1S/C16H15Cl2NO2S/c17-11-4-1-6-13(16(11)18)21-10-15(20)19-8-2-5-12(19)14-7-3-9-22-14/h1,3-4,6-7,9,12H,2,5,8,10H2. The van der Waals surface area contributed by atoms with Gasteiger partial charge in [-0.2, -0.15) is 0 Å². The molecule has 1 fully saturated rings. The first-order valence-electron chi connectivity index (χ1n) is 7.06. The van der Waals surface area contributed by atoms with E-state index in [1.54, 1.807) is 29.5 Å². The Morgan fingerprint density at radius 2 is 2.18 bits per heavy atom. The molecule has 0 N–H and O–H groups in total. The quantitative estimate of drug-likeness (QED) is 0.788. The van der Waals surface area contributed by atoms with E-state index in [-0.39, 0.29) is 18.6 Å². The van der Waals surface area contributed by atoms with Crippen LogP contribution in [0.25, 0.3) is 0 Å². The fraction of sp³-hybridized carbons (Fsp3) is 0.312. The topological polar surface area (TPSA) is 29.5 Å². The molecule has 0 bridgehead atoms. The second kappa shape index (κ2) is 6.90. The van der Waals surface area contributed by atoms with Gasteiger partial charge in [0.2, 0.25) is 0 Å². The fourth-order valence-corrected chi connectivity index (χ4v) is 3.88. The summed E-state index contributed by atoms with van der Waals surface area (Å²) in [6.45, 7) is 0.746. The van der Waals surface area contributed by atoms with Crippen molar-refractivity contribution in [3.05, 3.63) is 50.6 Å². The van der Waals surface area contributed by atoms with Gasteiger partial charge in [-0.25, -0.2) is 0 Å². The molecule has 1 unspecified atom stereocenters. The van der Waals surface area contributed by atoms with E-state index in [0.29, 0.717) is 15.8 Å². The molecule has 2 heterocycles. The molecule has 1 aromatic heterocycles. The molecular weight excluding hydrogens is 341 g/mol. The minimum absolute atomic E-state index is 0.0213. The highest BCUT2D eigenvalue weighted by atomic mass is 35.5. The number of hydrogen-bond donors (Lipinski definition) is 0. The maximum Gasteiger partial charge on any atom is 0.261 e. The molecule has 1 amide bonds. The van der Waals surface area contributed by atoms with E-state index in [9.17, 15) is 4.79 Å². The van der Waals surface area contributed by atoms with Crippen molar-refractivity contribution in [1.29, 1.82) is 0 Å². The van der Waals surface area contributed by atoms with Crippen LogP contribution < -0.4 is 4.74 Å². The first-order chi connectivity index (χ1) is 10.7. The molecule has 3 nitrogen and oxygen atoms in total. The van der Waals surface area contributed by atoms with E-state index in [0.717, 1.165) is 19.4 Å². The highest BCUT2D eigenvalue weighted by Crippen LogP contribution is 2.35. The van der Waals surface area contributed by atoms with Crippen LogP contribution in [0.3, 0.4) is 0 Å². The third-order valence-electron chi connectivity index (χ3n) is 3.71. The Labute approximate surface area is 143 Å². The number of rotatable bonds is 4. The Morgan fingerprint density at radius 3 is 2.95 bits per heavy atom. The lowest BCUT2D eigenvalue weighted by atomic mass is 10.2. The highest BCUT2D eigenvalue weighted by Gasteiger charge is 2.30. The van der Waals surface area contributed by atoms with Crippen LogP contribution in [0.1, 0.15) is 23.8 Å². The van der Waals surface area contributed by atoms with Crippen molar-refractivity contribution in [2.45, 2.75) is 18.9 Å². The molecule has 1 atom stereocenters. The predicted octanol–water partition coefficient (Wildman–Crippen LogP) is 4.80. The van der Waals surface area contributed by atoms with Gasteiger partial charge < -0.3 is 9.64 Å². The molecule has 0 saturated carbocycles. The van der Waals surface area contributed by atoms with Crippen molar-refractivity contribution < 1.29 is 9.53 Å². The maximum absolute atomic E-state index is 12.4. The van der Waals surface area contributed by atoms with Crippen molar-refractivity contribution in [2.75, 3.05) is 13.2 Å². The van der Waals surface area contributed by atoms with E-state index >= 15 is 0 Å². The van der Waals surface area contributed by atoms with E-state index in [1.165, 1.54) is 4.88 Å². The normalized spacial score (nSPS) is 17.7. The molecule has 2 aromatic rings. The lowest BCUT2D eigenvalue weighted by molar-refractivity contribution is -0.134. The number of likely N-dealkylation sites (tertiary alicyclic amines) is 1. The Balaban J connectivity index is 1.65. The largest absolute Gasteiger partial charge is 0.482 e. The van der Waals surface area contributed by atoms with Crippen molar-refractivity contribution in [1.82, 2.24) is 4.90 Å². The monoisotopic (exact) mass is 355 g/mol. The molecule has 1 aromatic carbocycles. The van der Waals surface area contributed by atoms with Crippen LogP contribution >= 0.6 is 34.5 Å². The molecule has 6 heteroatoms. The number of hydrogen-bond acceptors (Lipinski definition) is 3. The van der Waals surface area contributed by atoms with Gasteiger partial charge in [0.25, 0.3) is 5.91 Å². The number of carbonyl (C=O) groups is 1. The minimum atomic E-state index is -0.0259. The first kappa shape index (κ1) is 15.7. The maximum atomic E-state index is 12.4. The van der Waals surface area contributed by atoms with Crippen molar-refractivity contribution in [3.63, 3.8) is 0 Å². The molecule has 0 radical (unpaired) electrons. The van der Waals surface area contributed by atoms with Crippen LogP contribution in [0.4, 0.5) is 0 Å². The summed E-state index contributed by atoms with van der Waals surface area (Å²) in [4.78, 5) is 15.6. The summed E-state index contributed by atoms with van der Waals surface area (Å²) in [6, 6.07) is 9.41. The molecule has 116 valence electrons. The zero-order valence-electron chi connectivity index (χ0n) is 11.8. The van der Waals surface area contributed by atoms with Gasteiger partial charge in [-0.15, -0.1) is 11.3 Å². The summed E-state index contributed by atoms with van der Waals surface area (Å²) in [7, 11) is 0. The Kier molecular flexibility index (Phi) is 4.91. The molecule has 22 heavy (non-hydrogen) atoms. The summed E-state index contributed by atoms with van der Waals surface area (Å²) in [5.74, 6) is 0.418. The van der Waals surface area contributed by atoms with Gasteiger partial charge in [-0.05, 0) is 36.4 Å². The Morgan fingerprint density at radius 1 is 1.32 bits per heavy atom. The van der Waals surface area contributed by atoms with Crippen LogP contribution in [0, 0.1) is 0 Å². The molecule has 1 saturated heterocycles. The van der Waals surface area contributed by atoms with Gasteiger partial charge in [0, 0.05) is 11.4 Å². The fourth-order valence-electron chi connectivity index (χ4n) is 2.66. The lowest BCUT2D eigenvalue weighted by Crippen LogP contribution is -2.34. The Hall–Kier alpha value is -1.23. The third kappa shape index (κ3) is 3.24. The molecule has 0 spiro atoms. The average molecular weight is 356 g/mol. The third-order valence-corrected chi connectivity index (χ3v) is 5.49. The van der Waals surface area contributed by atoms with Gasteiger partial charge in [0.1, 0.15) is 10.8 Å². The minimum Gasteiger partial charge on any atom is -0.482 e. The van der Waals surface area contributed by atoms with Crippen LogP contribution in [0.15, 0.2) is 35.7 Å². The number of nitrogens with zero attached hydrogens (tertiary/aromatic N) is 1. The number of ether oxygens (including phenoxy) is 1. The zero-order valence-corrected chi connectivity index (χ0v) is 14.1. The summed E-state index contributed by atoms with van der Waals surface area (Å²) >= 11 is 13.7. The van der Waals surface area contributed by atoms with Crippen molar-refractivity contribution in [2.24, 2.45) is 0 Å². The van der Waals surface area contributed by atoms with Crippen molar-refractivity contribution >= 4 is 40.4 Å². The van der Waals surface area contributed by atoms with Crippen LogP contribution in [0.2, 0.25) is 10.0 Å². The number of carbonyl (C=O) groups excluding carboxylic acids is 1. The second-order valence-electron chi connectivity index (χ2n) is 5.10. The first-order valence-corrected chi connectivity index (χ1v) is 8.70. The van der Waals surface area contributed by atoms with Gasteiger partial charge in [-0.3, -0.25) is 4.79 Å². The summed E-state index contributed by atoms with van der Waals surface area (Å²) in [5, 5.41) is 2.80. The molecule has 0 aliphatic carbocycles. The SMILES string of the molecule is O=C(COc1cccc(Cl)c1Cl)N1CCCC1c1cccs1. The van der Waals surface area contributed by atoms with Gasteiger partial charge >= 0.3 is 0 Å². The number of thiophene rings is 1. The lowest BCUT2D eigenvalue weighted by Gasteiger charge is -2.24. The van der Waals surface area contributed by atoms with Crippen LogP contribution in [-0.2, 0) is 4.79 Å². The number of benzene rings is 1. The number of amides is 1. The second-order valence-corrected chi connectivity index (χ2v) is 6.87. The van der Waals surface area contributed by atoms with Crippen LogP contribution in [0.5, 0.6) is 5.75 Å². The van der Waals surface area contributed by atoms with Crippen molar-refractivity contribution in [3.8, 4) is 5.75 Å². The van der Waals surface area contributed by atoms with E-state index in [2.05, 4.69) is 6.07 Å².